The lowest BCUT2D eigenvalue weighted by Crippen LogP contribution is -2.12. The van der Waals surface area contributed by atoms with Gasteiger partial charge in [0.25, 0.3) is 5.91 Å². The second-order valence-electron chi connectivity index (χ2n) is 6.19. The first-order valence-electron chi connectivity index (χ1n) is 8.70. The van der Waals surface area contributed by atoms with Crippen molar-refractivity contribution in [2.45, 2.75) is 13.3 Å². The molecule has 4 aromatic rings. The van der Waals surface area contributed by atoms with Gasteiger partial charge in [-0.2, -0.15) is 0 Å². The van der Waals surface area contributed by atoms with Crippen molar-refractivity contribution in [1.29, 1.82) is 0 Å². The maximum atomic E-state index is 12.5. The number of nitrogens with one attached hydrogen (secondary N) is 1. The van der Waals surface area contributed by atoms with Crippen LogP contribution in [0.25, 0.3) is 22.6 Å². The minimum absolute atomic E-state index is 0.180. The molecule has 1 aromatic heterocycles. The second kappa shape index (κ2) is 7.37. The number of benzene rings is 3. The lowest BCUT2D eigenvalue weighted by Gasteiger charge is -2.06. The molecule has 134 valence electrons. The molecule has 0 unspecified atom stereocenters. The Balaban J connectivity index is 1.60. The van der Waals surface area contributed by atoms with E-state index in [4.69, 9.17) is 4.42 Å². The largest absolute Gasteiger partial charge is 0.436 e. The second-order valence-corrected chi connectivity index (χ2v) is 7.04. The molecule has 0 spiro atoms. The van der Waals surface area contributed by atoms with Crippen molar-refractivity contribution < 1.29 is 9.21 Å². The number of halogens is 1. The fraction of sp³-hybridized carbons (Fsp3) is 0.0909. The summed E-state index contributed by atoms with van der Waals surface area (Å²) in [6.07, 6.45) is 0.994. The van der Waals surface area contributed by atoms with Crippen molar-refractivity contribution in [2.24, 2.45) is 0 Å². The number of aryl methyl sites for hydroxylation is 1. The number of hydrogen-bond acceptors (Lipinski definition) is 3. The van der Waals surface area contributed by atoms with E-state index in [-0.39, 0.29) is 5.91 Å². The maximum Gasteiger partial charge on any atom is 0.256 e. The van der Waals surface area contributed by atoms with E-state index in [1.807, 2.05) is 48.5 Å². The number of aromatic nitrogens is 1. The van der Waals surface area contributed by atoms with Crippen molar-refractivity contribution in [2.75, 3.05) is 5.32 Å². The third-order valence-corrected chi connectivity index (χ3v) is 5.06. The van der Waals surface area contributed by atoms with Crippen LogP contribution < -0.4 is 5.32 Å². The molecule has 0 aliphatic heterocycles. The van der Waals surface area contributed by atoms with Crippen LogP contribution in [0.2, 0.25) is 0 Å². The highest BCUT2D eigenvalue weighted by Crippen LogP contribution is 2.27. The number of carbonyl (C=O) groups excluding carboxylic acids is 1. The molecule has 3 aromatic carbocycles. The molecule has 0 bridgehead atoms. The quantitative estimate of drug-likeness (QED) is 0.435. The molecule has 0 atom stereocenters. The topological polar surface area (TPSA) is 55.1 Å². The van der Waals surface area contributed by atoms with Crippen molar-refractivity contribution in [3.8, 4) is 11.5 Å². The van der Waals surface area contributed by atoms with Crippen LogP contribution in [0, 0.1) is 0 Å². The first kappa shape index (κ1) is 17.5. The van der Waals surface area contributed by atoms with Gasteiger partial charge in [0.1, 0.15) is 5.52 Å². The van der Waals surface area contributed by atoms with E-state index in [9.17, 15) is 4.79 Å². The molecule has 0 radical (unpaired) electrons. The SMILES string of the molecule is CCc1ccc(-c2nc3cc(NC(=O)c4ccccc4Br)ccc3o2)cc1. The van der Waals surface area contributed by atoms with E-state index in [0.29, 0.717) is 28.2 Å². The number of fused-ring (bicyclic) bond motifs is 1. The zero-order chi connectivity index (χ0) is 18.8. The number of rotatable bonds is 4. The Morgan fingerprint density at radius 3 is 2.59 bits per heavy atom. The lowest BCUT2D eigenvalue weighted by molar-refractivity contribution is 0.102. The Hall–Kier alpha value is -2.92. The summed E-state index contributed by atoms with van der Waals surface area (Å²) < 4.78 is 6.61. The Morgan fingerprint density at radius 1 is 1.07 bits per heavy atom. The fourth-order valence-corrected chi connectivity index (χ4v) is 3.32. The van der Waals surface area contributed by atoms with Crippen LogP contribution in [0.15, 0.2) is 75.6 Å². The standard InChI is InChI=1S/C22H17BrN2O2/c1-2-14-7-9-15(10-8-14)22-25-19-13-16(11-12-20(19)27-22)24-21(26)17-5-3-4-6-18(17)23/h3-13H,2H2,1H3,(H,24,26). The van der Waals surface area contributed by atoms with E-state index in [1.54, 1.807) is 6.07 Å². The fourth-order valence-electron chi connectivity index (χ4n) is 2.86. The molecule has 0 saturated carbocycles. The first-order valence-corrected chi connectivity index (χ1v) is 9.49. The number of nitrogens with zero attached hydrogens (tertiary/aromatic N) is 1. The molecule has 4 rings (SSSR count). The summed E-state index contributed by atoms with van der Waals surface area (Å²) in [6.45, 7) is 2.12. The molecule has 1 heterocycles. The first-order chi connectivity index (χ1) is 13.1. The highest BCUT2D eigenvalue weighted by Gasteiger charge is 2.12. The summed E-state index contributed by atoms with van der Waals surface area (Å²) in [5, 5.41) is 2.90. The molecular weight excluding hydrogens is 404 g/mol. The summed E-state index contributed by atoms with van der Waals surface area (Å²) >= 11 is 3.40. The molecule has 27 heavy (non-hydrogen) atoms. The number of amides is 1. The van der Waals surface area contributed by atoms with Gasteiger partial charge >= 0.3 is 0 Å². The van der Waals surface area contributed by atoms with Gasteiger partial charge in [-0.3, -0.25) is 4.79 Å². The molecule has 0 saturated heterocycles. The maximum absolute atomic E-state index is 12.5. The van der Waals surface area contributed by atoms with Gasteiger partial charge in [0.2, 0.25) is 5.89 Å². The number of anilines is 1. The summed E-state index contributed by atoms with van der Waals surface area (Å²) in [7, 11) is 0. The van der Waals surface area contributed by atoms with E-state index in [0.717, 1.165) is 16.5 Å². The Kier molecular flexibility index (Phi) is 4.77. The summed E-state index contributed by atoms with van der Waals surface area (Å²) in [5.74, 6) is 0.391. The van der Waals surface area contributed by atoms with E-state index in [2.05, 4.69) is 45.3 Å². The molecule has 1 amide bonds. The smallest absolute Gasteiger partial charge is 0.256 e. The van der Waals surface area contributed by atoms with Crippen molar-refractivity contribution in [3.05, 3.63) is 82.3 Å². The molecule has 0 fully saturated rings. The van der Waals surface area contributed by atoms with Gasteiger partial charge in [0.05, 0.1) is 5.56 Å². The van der Waals surface area contributed by atoms with Crippen molar-refractivity contribution in [1.82, 2.24) is 4.98 Å². The predicted octanol–water partition coefficient (Wildman–Crippen LogP) is 6.07. The van der Waals surface area contributed by atoms with Crippen LogP contribution in [0.5, 0.6) is 0 Å². The monoisotopic (exact) mass is 420 g/mol. The van der Waals surface area contributed by atoms with Gasteiger partial charge < -0.3 is 9.73 Å². The predicted molar refractivity (Wildman–Crippen MR) is 111 cm³/mol. The van der Waals surface area contributed by atoms with Crippen LogP contribution in [-0.4, -0.2) is 10.9 Å². The van der Waals surface area contributed by atoms with Gasteiger partial charge in [-0.15, -0.1) is 0 Å². The Morgan fingerprint density at radius 2 is 1.85 bits per heavy atom. The average Bonchev–Trinajstić information content (AvgIpc) is 3.11. The van der Waals surface area contributed by atoms with Crippen LogP contribution in [0.4, 0.5) is 5.69 Å². The zero-order valence-corrected chi connectivity index (χ0v) is 16.3. The third kappa shape index (κ3) is 3.64. The number of hydrogen-bond donors (Lipinski definition) is 1. The molecule has 4 nitrogen and oxygen atoms in total. The Labute approximate surface area is 165 Å². The summed E-state index contributed by atoms with van der Waals surface area (Å²) in [5.41, 5.74) is 4.84. The van der Waals surface area contributed by atoms with Gasteiger partial charge in [-0.05, 0) is 70.4 Å². The Bertz CT molecular complexity index is 1120. The highest BCUT2D eigenvalue weighted by molar-refractivity contribution is 9.10. The summed E-state index contributed by atoms with van der Waals surface area (Å²) in [6, 6.07) is 20.9. The highest BCUT2D eigenvalue weighted by atomic mass is 79.9. The minimum Gasteiger partial charge on any atom is -0.436 e. The van der Waals surface area contributed by atoms with Crippen LogP contribution >= 0.6 is 15.9 Å². The molecule has 1 N–H and O–H groups in total. The normalized spacial score (nSPS) is 10.9. The average molecular weight is 421 g/mol. The molecule has 0 aliphatic rings. The van der Waals surface area contributed by atoms with Crippen LogP contribution in [0.1, 0.15) is 22.8 Å². The van der Waals surface area contributed by atoms with Gasteiger partial charge in [0, 0.05) is 15.7 Å². The molecule has 0 aliphatic carbocycles. The molecular formula is C22H17BrN2O2. The molecule has 5 heteroatoms. The van der Waals surface area contributed by atoms with Gasteiger partial charge in [-0.25, -0.2) is 4.98 Å². The van der Waals surface area contributed by atoms with E-state index >= 15 is 0 Å². The van der Waals surface area contributed by atoms with Gasteiger partial charge in [0.15, 0.2) is 5.58 Å². The minimum atomic E-state index is -0.180. The number of carbonyl (C=O) groups is 1. The summed E-state index contributed by atoms with van der Waals surface area (Å²) in [4.78, 5) is 17.0. The van der Waals surface area contributed by atoms with E-state index < -0.39 is 0 Å². The van der Waals surface area contributed by atoms with Gasteiger partial charge in [-0.1, -0.05) is 31.2 Å². The van der Waals surface area contributed by atoms with Crippen LogP contribution in [-0.2, 0) is 6.42 Å². The zero-order valence-electron chi connectivity index (χ0n) is 14.7. The number of oxazole rings is 1. The lowest BCUT2D eigenvalue weighted by atomic mass is 10.1. The van der Waals surface area contributed by atoms with Crippen LogP contribution in [0.3, 0.4) is 0 Å². The third-order valence-electron chi connectivity index (χ3n) is 4.37. The van der Waals surface area contributed by atoms with Crippen molar-refractivity contribution >= 4 is 38.6 Å². The van der Waals surface area contributed by atoms with E-state index in [1.165, 1.54) is 5.56 Å². The van der Waals surface area contributed by atoms with Crippen molar-refractivity contribution in [3.63, 3.8) is 0 Å².